The molecule has 1 amide bonds. The van der Waals surface area contributed by atoms with Crippen LogP contribution in [0.15, 0.2) is 18.2 Å². The van der Waals surface area contributed by atoms with Crippen molar-refractivity contribution in [3.05, 3.63) is 23.8 Å². The molecular weight excluding hydrogens is 332 g/mol. The lowest BCUT2D eigenvalue weighted by Gasteiger charge is -2.16. The molecule has 1 aliphatic heterocycles. The van der Waals surface area contributed by atoms with E-state index in [0.717, 1.165) is 19.4 Å². The number of ether oxygens (including phenoxy) is 2. The molecule has 2 rings (SSSR count). The van der Waals surface area contributed by atoms with Crippen molar-refractivity contribution in [3.63, 3.8) is 0 Å². The average Bonchev–Trinajstić information content (AvgIpc) is 3.18. The van der Waals surface area contributed by atoms with Crippen molar-refractivity contribution in [3.8, 4) is 11.5 Å². The van der Waals surface area contributed by atoms with Crippen LogP contribution in [0.2, 0.25) is 0 Å². The first-order valence-corrected chi connectivity index (χ1v) is 9.53. The number of carbonyl (C=O) groups excluding carboxylic acids is 1. The van der Waals surface area contributed by atoms with Crippen molar-refractivity contribution < 1.29 is 19.4 Å². The van der Waals surface area contributed by atoms with Crippen molar-refractivity contribution in [2.24, 2.45) is 0 Å². The number of methoxy groups -OCH3 is 2. The number of benzene rings is 1. The lowest BCUT2D eigenvalue weighted by molar-refractivity contribution is -0.121. The van der Waals surface area contributed by atoms with Crippen LogP contribution in [0.1, 0.15) is 50.2 Å². The van der Waals surface area contributed by atoms with E-state index in [4.69, 9.17) is 9.47 Å². The smallest absolute Gasteiger partial charge is 0.220 e. The minimum Gasteiger partial charge on any atom is -0.497 e. The lowest BCUT2D eigenvalue weighted by Crippen LogP contribution is -2.26. The Balaban J connectivity index is 1.64. The van der Waals surface area contributed by atoms with Crippen molar-refractivity contribution in [2.75, 3.05) is 40.4 Å². The Bertz CT molecular complexity index is 559. The summed E-state index contributed by atoms with van der Waals surface area (Å²) in [5.74, 6) is 1.22. The standard InChI is InChI=1S/C20H32N2O4/c1-25-16-7-8-17(19(15-16)26-2)18(23)9-10-20(24)21-11-3-4-12-22-13-5-6-14-22/h7-8,15,18,23H,3-6,9-14H2,1-2H3,(H,21,24). The first-order chi connectivity index (χ1) is 12.6. The highest BCUT2D eigenvalue weighted by molar-refractivity contribution is 5.75. The van der Waals surface area contributed by atoms with Crippen LogP contribution >= 0.6 is 0 Å². The van der Waals surface area contributed by atoms with Crippen LogP contribution < -0.4 is 14.8 Å². The molecule has 6 nitrogen and oxygen atoms in total. The molecule has 1 atom stereocenters. The Morgan fingerprint density at radius 2 is 2.00 bits per heavy atom. The third-order valence-electron chi connectivity index (χ3n) is 4.87. The molecule has 1 aromatic rings. The van der Waals surface area contributed by atoms with Crippen LogP contribution in [0.4, 0.5) is 0 Å². The van der Waals surface area contributed by atoms with Crippen LogP contribution in [0.25, 0.3) is 0 Å². The number of aliphatic hydroxyl groups is 1. The second kappa shape index (κ2) is 11.0. The van der Waals surface area contributed by atoms with Gasteiger partial charge in [-0.15, -0.1) is 0 Å². The zero-order valence-corrected chi connectivity index (χ0v) is 16.0. The molecule has 1 fully saturated rings. The van der Waals surface area contributed by atoms with Gasteiger partial charge in [-0.1, -0.05) is 0 Å². The molecule has 2 N–H and O–H groups in total. The number of nitrogens with one attached hydrogen (secondary N) is 1. The number of rotatable bonds is 11. The molecule has 1 aliphatic rings. The van der Waals surface area contributed by atoms with Crippen LogP contribution in [-0.2, 0) is 4.79 Å². The maximum atomic E-state index is 12.0. The zero-order valence-electron chi connectivity index (χ0n) is 16.0. The summed E-state index contributed by atoms with van der Waals surface area (Å²) < 4.78 is 10.5. The molecule has 0 radical (unpaired) electrons. The average molecular weight is 364 g/mol. The number of unbranched alkanes of at least 4 members (excludes halogenated alkanes) is 1. The number of hydrogen-bond acceptors (Lipinski definition) is 5. The molecule has 146 valence electrons. The third-order valence-corrected chi connectivity index (χ3v) is 4.87. The van der Waals surface area contributed by atoms with E-state index in [9.17, 15) is 9.90 Å². The summed E-state index contributed by atoms with van der Waals surface area (Å²) in [6, 6.07) is 5.29. The van der Waals surface area contributed by atoms with E-state index in [1.54, 1.807) is 32.4 Å². The highest BCUT2D eigenvalue weighted by atomic mass is 16.5. The van der Waals surface area contributed by atoms with E-state index in [2.05, 4.69) is 10.2 Å². The van der Waals surface area contributed by atoms with Gasteiger partial charge in [-0.2, -0.15) is 0 Å². The number of aliphatic hydroxyl groups excluding tert-OH is 1. The summed E-state index contributed by atoms with van der Waals surface area (Å²) in [6.07, 6.45) is 4.67. The van der Waals surface area contributed by atoms with E-state index in [0.29, 0.717) is 36.4 Å². The Morgan fingerprint density at radius 1 is 1.23 bits per heavy atom. The van der Waals surface area contributed by atoms with Gasteiger partial charge < -0.3 is 24.8 Å². The topological polar surface area (TPSA) is 71.0 Å². The summed E-state index contributed by atoms with van der Waals surface area (Å²) in [5, 5.41) is 13.3. The van der Waals surface area contributed by atoms with E-state index in [-0.39, 0.29) is 5.91 Å². The zero-order chi connectivity index (χ0) is 18.8. The number of carbonyl (C=O) groups is 1. The van der Waals surface area contributed by atoms with Crippen molar-refractivity contribution >= 4 is 5.91 Å². The monoisotopic (exact) mass is 364 g/mol. The van der Waals surface area contributed by atoms with Crippen molar-refractivity contribution in [2.45, 2.75) is 44.6 Å². The van der Waals surface area contributed by atoms with Gasteiger partial charge in [0.15, 0.2) is 0 Å². The van der Waals surface area contributed by atoms with Gasteiger partial charge in [-0.3, -0.25) is 4.79 Å². The highest BCUT2D eigenvalue weighted by Gasteiger charge is 2.16. The van der Waals surface area contributed by atoms with Gasteiger partial charge in [0.1, 0.15) is 11.5 Å². The fraction of sp³-hybridized carbons (Fsp3) is 0.650. The second-order valence-electron chi connectivity index (χ2n) is 6.77. The summed E-state index contributed by atoms with van der Waals surface area (Å²) in [7, 11) is 3.14. The molecule has 26 heavy (non-hydrogen) atoms. The number of amides is 1. The molecule has 1 aromatic carbocycles. The Morgan fingerprint density at radius 3 is 2.69 bits per heavy atom. The van der Waals surface area contributed by atoms with Gasteiger partial charge in [-0.05, 0) is 63.9 Å². The molecule has 1 unspecified atom stereocenters. The normalized spacial score (nSPS) is 15.7. The Labute approximate surface area is 156 Å². The summed E-state index contributed by atoms with van der Waals surface area (Å²) in [6.45, 7) is 4.28. The first-order valence-electron chi connectivity index (χ1n) is 9.53. The quantitative estimate of drug-likeness (QED) is 0.591. The summed E-state index contributed by atoms with van der Waals surface area (Å²) >= 11 is 0. The molecule has 1 heterocycles. The Hall–Kier alpha value is -1.79. The fourth-order valence-corrected chi connectivity index (χ4v) is 3.30. The van der Waals surface area contributed by atoms with E-state index in [1.165, 1.54) is 25.9 Å². The number of hydrogen-bond donors (Lipinski definition) is 2. The predicted molar refractivity (Wildman–Crippen MR) is 102 cm³/mol. The van der Waals surface area contributed by atoms with E-state index in [1.807, 2.05) is 0 Å². The fourth-order valence-electron chi connectivity index (χ4n) is 3.30. The molecule has 0 aromatic heterocycles. The van der Waals surface area contributed by atoms with E-state index >= 15 is 0 Å². The molecule has 1 saturated heterocycles. The number of nitrogens with zero attached hydrogens (tertiary/aromatic N) is 1. The van der Waals surface area contributed by atoms with Crippen LogP contribution in [0.5, 0.6) is 11.5 Å². The van der Waals surface area contributed by atoms with E-state index < -0.39 is 6.10 Å². The SMILES string of the molecule is COc1ccc(C(O)CCC(=O)NCCCCN2CCCC2)c(OC)c1. The second-order valence-corrected chi connectivity index (χ2v) is 6.77. The minimum atomic E-state index is -0.739. The lowest BCUT2D eigenvalue weighted by atomic mass is 10.0. The molecule has 0 aliphatic carbocycles. The minimum absolute atomic E-state index is 0.0160. The van der Waals surface area contributed by atoms with Gasteiger partial charge in [0.2, 0.25) is 5.91 Å². The third kappa shape index (κ3) is 6.50. The van der Waals surface area contributed by atoms with Gasteiger partial charge in [0.25, 0.3) is 0 Å². The first kappa shape index (κ1) is 20.5. The highest BCUT2D eigenvalue weighted by Crippen LogP contribution is 2.31. The molecule has 6 heteroatoms. The Kier molecular flexibility index (Phi) is 8.71. The van der Waals surface area contributed by atoms with Crippen molar-refractivity contribution in [1.82, 2.24) is 10.2 Å². The maximum absolute atomic E-state index is 12.0. The molecular formula is C20H32N2O4. The van der Waals surface area contributed by atoms with Gasteiger partial charge >= 0.3 is 0 Å². The van der Waals surface area contributed by atoms with Crippen molar-refractivity contribution in [1.29, 1.82) is 0 Å². The molecule has 0 saturated carbocycles. The predicted octanol–water partition coefficient (Wildman–Crippen LogP) is 2.51. The van der Waals surface area contributed by atoms with Crippen LogP contribution in [0.3, 0.4) is 0 Å². The number of likely N-dealkylation sites (tertiary alicyclic amines) is 1. The molecule has 0 spiro atoms. The molecule has 0 bridgehead atoms. The van der Waals surface area contributed by atoms with Crippen LogP contribution in [-0.4, -0.2) is 56.3 Å². The largest absolute Gasteiger partial charge is 0.497 e. The van der Waals surface area contributed by atoms with Gasteiger partial charge in [0, 0.05) is 24.6 Å². The maximum Gasteiger partial charge on any atom is 0.220 e. The summed E-state index contributed by atoms with van der Waals surface area (Å²) in [4.78, 5) is 14.5. The van der Waals surface area contributed by atoms with Gasteiger partial charge in [0.05, 0.1) is 20.3 Å². The van der Waals surface area contributed by atoms with Gasteiger partial charge in [-0.25, -0.2) is 0 Å². The summed E-state index contributed by atoms with van der Waals surface area (Å²) in [5.41, 5.74) is 0.673. The van der Waals surface area contributed by atoms with Crippen LogP contribution in [0, 0.1) is 0 Å².